The smallest absolute Gasteiger partial charge is 0.0900 e. The summed E-state index contributed by atoms with van der Waals surface area (Å²) in [5, 5.41) is 5.87. The first-order chi connectivity index (χ1) is 16.1. The highest BCUT2D eigenvalue weighted by Gasteiger charge is 2.21. The van der Waals surface area contributed by atoms with Gasteiger partial charge in [0.25, 0.3) is 0 Å². The van der Waals surface area contributed by atoms with Gasteiger partial charge in [-0.2, -0.15) is 0 Å². The van der Waals surface area contributed by atoms with Crippen LogP contribution in [0.2, 0.25) is 10.0 Å². The first-order valence-electron chi connectivity index (χ1n) is 10.9. The molecular formula is C27H20Cl2N4. The Hall–Kier alpha value is -3.34. The lowest BCUT2D eigenvalue weighted by Crippen LogP contribution is -2.15. The molecule has 0 aromatic heterocycles. The average Bonchev–Trinajstić information content (AvgIpc) is 3.64. The lowest BCUT2D eigenvalue weighted by Gasteiger charge is -2.20. The van der Waals surface area contributed by atoms with Crippen molar-refractivity contribution in [3.8, 4) is 17.1 Å². The van der Waals surface area contributed by atoms with E-state index < -0.39 is 0 Å². The Bertz CT molecular complexity index is 1500. The van der Waals surface area contributed by atoms with Gasteiger partial charge in [-0.1, -0.05) is 35.3 Å². The minimum Gasteiger partial charge on any atom is -0.354 e. The molecule has 1 saturated carbocycles. The molecule has 1 fully saturated rings. The molecule has 4 nitrogen and oxygen atoms in total. The molecule has 3 aromatic rings. The molecule has 3 aromatic carbocycles. The van der Waals surface area contributed by atoms with Crippen molar-refractivity contribution < 1.29 is 0 Å². The summed E-state index contributed by atoms with van der Waals surface area (Å²) in [5.74, 6) is 0. The van der Waals surface area contributed by atoms with Crippen molar-refractivity contribution in [1.29, 1.82) is 0 Å². The maximum atomic E-state index is 6.18. The molecule has 6 rings (SSSR count). The van der Waals surface area contributed by atoms with Gasteiger partial charge < -0.3 is 9.88 Å². The first-order valence-corrected chi connectivity index (χ1v) is 11.7. The van der Waals surface area contributed by atoms with E-state index in [-0.39, 0.29) is 0 Å². The van der Waals surface area contributed by atoms with Crippen LogP contribution in [0, 0.1) is 0 Å². The van der Waals surface area contributed by atoms with Crippen LogP contribution >= 0.6 is 23.2 Å². The molecule has 2 aliphatic carbocycles. The number of benzene rings is 4. The van der Waals surface area contributed by atoms with Gasteiger partial charge in [-0.25, -0.2) is 4.98 Å². The molecular weight excluding hydrogens is 451 g/mol. The van der Waals surface area contributed by atoms with E-state index in [1.807, 2.05) is 66.7 Å². The summed E-state index contributed by atoms with van der Waals surface area (Å²) < 4.78 is 2.23. The number of anilines is 2. The topological polar surface area (TPSA) is 42.2 Å². The third kappa shape index (κ3) is 4.08. The Balaban J connectivity index is 1.62. The molecule has 0 amide bonds. The second-order valence-electron chi connectivity index (χ2n) is 8.26. The van der Waals surface area contributed by atoms with Gasteiger partial charge in [-0.05, 0) is 85.6 Å². The van der Waals surface area contributed by atoms with Gasteiger partial charge in [0.2, 0.25) is 0 Å². The van der Waals surface area contributed by atoms with Crippen LogP contribution in [0.5, 0.6) is 0 Å². The number of fused-ring (bicyclic) bond motifs is 2. The predicted molar refractivity (Wildman–Crippen MR) is 136 cm³/mol. The van der Waals surface area contributed by atoms with Crippen molar-refractivity contribution in [2.24, 2.45) is 4.99 Å². The molecule has 33 heavy (non-hydrogen) atoms. The van der Waals surface area contributed by atoms with Crippen LogP contribution in [0.1, 0.15) is 12.8 Å². The van der Waals surface area contributed by atoms with Crippen molar-refractivity contribution in [2.75, 3.05) is 5.32 Å². The molecule has 162 valence electrons. The summed E-state index contributed by atoms with van der Waals surface area (Å²) in [6.07, 6.45) is 2.26. The summed E-state index contributed by atoms with van der Waals surface area (Å²) in [7, 11) is 0. The molecule has 0 atom stereocenters. The van der Waals surface area contributed by atoms with E-state index in [1.165, 1.54) is 0 Å². The third-order valence-corrected chi connectivity index (χ3v) is 6.28. The second-order valence-corrected chi connectivity index (χ2v) is 9.14. The van der Waals surface area contributed by atoms with Crippen LogP contribution in [0.15, 0.2) is 89.9 Å². The van der Waals surface area contributed by atoms with E-state index in [4.69, 9.17) is 33.2 Å². The van der Waals surface area contributed by atoms with E-state index in [1.54, 1.807) is 0 Å². The average molecular weight is 471 g/mol. The summed E-state index contributed by atoms with van der Waals surface area (Å²) >= 11 is 12.3. The first kappa shape index (κ1) is 20.3. The van der Waals surface area contributed by atoms with Crippen LogP contribution in [-0.2, 0) is 0 Å². The number of rotatable bonds is 4. The number of hydrogen-bond donors (Lipinski definition) is 1. The number of nitrogens with zero attached hydrogens (tertiary/aromatic N) is 3. The maximum absolute atomic E-state index is 6.18. The van der Waals surface area contributed by atoms with E-state index >= 15 is 0 Å². The molecule has 0 unspecified atom stereocenters. The molecule has 0 saturated heterocycles. The quantitative estimate of drug-likeness (QED) is 0.281. The minimum absolute atomic E-state index is 0.380. The Morgan fingerprint density at radius 2 is 1.55 bits per heavy atom. The molecule has 3 aliphatic rings. The number of hydrogen-bond acceptors (Lipinski definition) is 3. The molecule has 0 radical (unpaired) electrons. The van der Waals surface area contributed by atoms with Crippen molar-refractivity contribution in [3.63, 3.8) is 0 Å². The monoisotopic (exact) mass is 470 g/mol. The number of nitrogens with one attached hydrogen (secondary N) is 1. The summed E-state index contributed by atoms with van der Waals surface area (Å²) in [6.45, 7) is 0. The van der Waals surface area contributed by atoms with Gasteiger partial charge in [0.1, 0.15) is 0 Å². The van der Waals surface area contributed by atoms with Gasteiger partial charge in [0, 0.05) is 21.4 Å². The van der Waals surface area contributed by atoms with Crippen molar-refractivity contribution in [2.45, 2.75) is 18.9 Å². The van der Waals surface area contributed by atoms with Gasteiger partial charge in [-0.15, -0.1) is 0 Å². The normalized spacial score (nSPS) is 14.2. The van der Waals surface area contributed by atoms with Crippen LogP contribution in [0.4, 0.5) is 11.4 Å². The fraction of sp³-hybridized carbons (Fsp3) is 0.111. The molecule has 6 heteroatoms. The summed E-state index contributed by atoms with van der Waals surface area (Å²) in [5.41, 5.74) is 6.75. The van der Waals surface area contributed by atoms with Crippen molar-refractivity contribution >= 4 is 45.6 Å². The molecule has 1 N–H and O–H groups in total. The highest BCUT2D eigenvalue weighted by molar-refractivity contribution is 6.30. The zero-order valence-corrected chi connectivity index (χ0v) is 19.2. The summed E-state index contributed by atoms with van der Waals surface area (Å²) in [4.78, 5) is 10.00. The molecule has 1 heterocycles. The number of aromatic nitrogens is 2. The molecule has 1 aliphatic heterocycles. The van der Waals surface area contributed by atoms with Crippen LogP contribution in [0.3, 0.4) is 0 Å². The van der Waals surface area contributed by atoms with Gasteiger partial charge >= 0.3 is 0 Å². The van der Waals surface area contributed by atoms with Gasteiger partial charge in [-0.3, -0.25) is 4.99 Å². The molecule has 0 spiro atoms. The Kier molecular flexibility index (Phi) is 5.05. The van der Waals surface area contributed by atoms with Crippen LogP contribution < -0.4 is 10.7 Å². The fourth-order valence-electron chi connectivity index (χ4n) is 4.01. The van der Waals surface area contributed by atoms with E-state index in [0.29, 0.717) is 16.1 Å². The van der Waals surface area contributed by atoms with E-state index in [9.17, 15) is 0 Å². The predicted octanol–water partition coefficient (Wildman–Crippen LogP) is 7.24. The third-order valence-electron chi connectivity index (χ3n) is 5.77. The Morgan fingerprint density at radius 3 is 2.27 bits per heavy atom. The largest absolute Gasteiger partial charge is 0.354 e. The number of halogens is 2. The zero-order valence-electron chi connectivity index (χ0n) is 17.7. The lowest BCUT2D eigenvalue weighted by atomic mass is 10.1. The standard InChI is InChI=1S/C27H20Cl2N4/c28-17-5-9-19(10-6-17)30-23-15-25-27(16-24(23)31-20-11-12-20)33(21-13-7-18(29)8-14-21)26-4-2-1-3-22(26)32-25/h1-10,13-16,20,30H,11-12H2. The zero-order chi connectivity index (χ0) is 22.4. The van der Waals surface area contributed by atoms with Crippen molar-refractivity contribution in [3.05, 3.63) is 100 Å². The lowest BCUT2D eigenvalue weighted by molar-refractivity contribution is 0.997. The highest BCUT2D eigenvalue weighted by Crippen LogP contribution is 2.31. The Morgan fingerprint density at radius 1 is 0.848 bits per heavy atom. The van der Waals surface area contributed by atoms with Crippen LogP contribution in [0.25, 0.3) is 28.1 Å². The van der Waals surface area contributed by atoms with E-state index in [0.717, 1.165) is 57.7 Å². The maximum Gasteiger partial charge on any atom is 0.0900 e. The fourth-order valence-corrected chi connectivity index (χ4v) is 4.26. The van der Waals surface area contributed by atoms with Gasteiger partial charge in [0.05, 0.1) is 39.5 Å². The highest BCUT2D eigenvalue weighted by atomic mass is 35.5. The molecule has 0 bridgehead atoms. The SMILES string of the molecule is Clc1ccc(Nc2cc3nc4ccccc4n(-c4ccc(Cl)cc4)c-3cc2=NC2CC2)cc1. The summed E-state index contributed by atoms with van der Waals surface area (Å²) in [6, 6.07) is 28.4. The van der Waals surface area contributed by atoms with Crippen molar-refractivity contribution in [1.82, 2.24) is 9.55 Å². The Labute approximate surface area is 201 Å². The minimum atomic E-state index is 0.380. The second kappa shape index (κ2) is 8.22. The van der Waals surface area contributed by atoms with Crippen LogP contribution in [-0.4, -0.2) is 15.6 Å². The van der Waals surface area contributed by atoms with E-state index in [2.05, 4.69) is 28.1 Å². The number of para-hydroxylation sites is 2. The van der Waals surface area contributed by atoms with Gasteiger partial charge in [0.15, 0.2) is 0 Å².